The van der Waals surface area contributed by atoms with Gasteiger partial charge in [0.2, 0.25) is 11.7 Å². The lowest BCUT2D eigenvalue weighted by atomic mass is 9.97. The molecule has 0 spiro atoms. The van der Waals surface area contributed by atoms with Crippen molar-refractivity contribution in [3.8, 4) is 11.4 Å². The van der Waals surface area contributed by atoms with Crippen LogP contribution in [0.4, 0.5) is 10.5 Å². The number of hydrogen-bond donors (Lipinski definition) is 2. The maximum Gasteiger partial charge on any atom is 0.319 e. The lowest BCUT2D eigenvalue weighted by molar-refractivity contribution is 0.243. The van der Waals surface area contributed by atoms with Crippen molar-refractivity contribution in [2.24, 2.45) is 5.92 Å². The molecule has 166 valence electrons. The Bertz CT molecular complexity index is 1220. The largest absolute Gasteiger partial charge is 0.338 e. The Labute approximate surface area is 186 Å². The summed E-state index contributed by atoms with van der Waals surface area (Å²) >= 11 is 0. The van der Waals surface area contributed by atoms with Crippen LogP contribution in [0.25, 0.3) is 17.0 Å². The maximum absolute atomic E-state index is 12.7. The third-order valence-corrected chi connectivity index (χ3v) is 5.04. The smallest absolute Gasteiger partial charge is 0.319 e. The Hall–Kier alpha value is -3.75. The molecule has 0 fully saturated rings. The van der Waals surface area contributed by atoms with Gasteiger partial charge in [0.25, 0.3) is 0 Å². The molecule has 0 aliphatic heterocycles. The van der Waals surface area contributed by atoms with Crippen LogP contribution in [0.15, 0.2) is 53.2 Å². The molecule has 1 atom stereocenters. The summed E-state index contributed by atoms with van der Waals surface area (Å²) in [5.74, 6) is 1.90. The minimum atomic E-state index is -0.321. The minimum absolute atomic E-state index is 0.117. The summed E-state index contributed by atoms with van der Waals surface area (Å²) in [6, 6.07) is 12.4. The van der Waals surface area contributed by atoms with E-state index in [0.717, 1.165) is 11.2 Å². The van der Waals surface area contributed by atoms with Crippen LogP contribution < -0.4 is 10.6 Å². The van der Waals surface area contributed by atoms with Crippen molar-refractivity contribution >= 4 is 17.4 Å². The van der Waals surface area contributed by atoms with Gasteiger partial charge in [-0.05, 0) is 42.3 Å². The van der Waals surface area contributed by atoms with E-state index < -0.39 is 0 Å². The SMILES string of the molecule is CC(C)C(NC(=O)Nc1ccc(-c2noc(C(C)(C)C)n2)cc1)c1nnc2ccccn12. The van der Waals surface area contributed by atoms with Crippen LogP contribution in [-0.4, -0.2) is 30.8 Å². The number of nitrogens with one attached hydrogen (secondary N) is 2. The second-order valence-electron chi connectivity index (χ2n) is 9.06. The minimum Gasteiger partial charge on any atom is -0.338 e. The molecule has 2 N–H and O–H groups in total. The molecular formula is C23H27N7O2. The predicted molar refractivity (Wildman–Crippen MR) is 121 cm³/mol. The van der Waals surface area contributed by atoms with Gasteiger partial charge >= 0.3 is 6.03 Å². The number of nitrogens with zero attached hydrogens (tertiary/aromatic N) is 5. The highest BCUT2D eigenvalue weighted by molar-refractivity contribution is 5.89. The number of carbonyl (C=O) groups excluding carboxylic acids is 1. The van der Waals surface area contributed by atoms with Crippen molar-refractivity contribution in [2.75, 3.05) is 5.32 Å². The van der Waals surface area contributed by atoms with E-state index in [1.165, 1.54) is 0 Å². The first-order chi connectivity index (χ1) is 15.2. The number of amides is 2. The van der Waals surface area contributed by atoms with Crippen molar-refractivity contribution in [1.82, 2.24) is 30.1 Å². The number of rotatable bonds is 5. The van der Waals surface area contributed by atoms with Gasteiger partial charge in [0.1, 0.15) is 0 Å². The van der Waals surface area contributed by atoms with Crippen molar-refractivity contribution in [3.05, 3.63) is 60.4 Å². The van der Waals surface area contributed by atoms with E-state index in [1.54, 1.807) is 12.1 Å². The highest BCUT2D eigenvalue weighted by Crippen LogP contribution is 2.25. The number of fused-ring (bicyclic) bond motifs is 1. The Balaban J connectivity index is 1.45. The maximum atomic E-state index is 12.7. The van der Waals surface area contributed by atoms with Crippen LogP contribution in [0.2, 0.25) is 0 Å². The summed E-state index contributed by atoms with van der Waals surface area (Å²) in [5, 5.41) is 18.4. The summed E-state index contributed by atoms with van der Waals surface area (Å²) in [6.07, 6.45) is 1.89. The molecule has 9 nitrogen and oxygen atoms in total. The van der Waals surface area contributed by atoms with Crippen LogP contribution in [0.3, 0.4) is 0 Å². The molecule has 0 saturated carbocycles. The Morgan fingerprint density at radius 2 is 1.81 bits per heavy atom. The van der Waals surface area contributed by atoms with Crippen molar-refractivity contribution in [3.63, 3.8) is 0 Å². The molecule has 3 heterocycles. The lowest BCUT2D eigenvalue weighted by Crippen LogP contribution is -2.36. The fraction of sp³-hybridized carbons (Fsp3) is 0.348. The Kier molecular flexibility index (Phi) is 5.65. The monoisotopic (exact) mass is 433 g/mol. The van der Waals surface area contributed by atoms with E-state index in [1.807, 2.05) is 75.5 Å². The summed E-state index contributed by atoms with van der Waals surface area (Å²) in [7, 11) is 0. The molecule has 0 aliphatic rings. The number of hydrogen-bond acceptors (Lipinski definition) is 6. The third kappa shape index (κ3) is 4.46. The molecule has 32 heavy (non-hydrogen) atoms. The summed E-state index contributed by atoms with van der Waals surface area (Å²) in [5.41, 5.74) is 1.99. The number of anilines is 1. The van der Waals surface area contributed by atoms with Gasteiger partial charge in [0.05, 0.1) is 6.04 Å². The molecule has 2 amide bonds. The zero-order valence-electron chi connectivity index (χ0n) is 18.8. The first-order valence-corrected chi connectivity index (χ1v) is 10.5. The molecule has 1 unspecified atom stereocenters. The zero-order valence-corrected chi connectivity index (χ0v) is 18.8. The number of aromatic nitrogens is 5. The molecule has 0 bridgehead atoms. The first kappa shape index (κ1) is 21.5. The molecule has 1 aromatic carbocycles. The van der Waals surface area contributed by atoms with Crippen LogP contribution in [0.1, 0.15) is 52.4 Å². The average Bonchev–Trinajstić information content (AvgIpc) is 3.40. The van der Waals surface area contributed by atoms with E-state index in [0.29, 0.717) is 23.2 Å². The molecule has 0 radical (unpaired) electrons. The van der Waals surface area contributed by atoms with Crippen molar-refractivity contribution in [1.29, 1.82) is 0 Å². The fourth-order valence-corrected chi connectivity index (χ4v) is 3.26. The molecule has 4 rings (SSSR count). The number of carbonyl (C=O) groups is 1. The van der Waals surface area contributed by atoms with Crippen LogP contribution in [-0.2, 0) is 5.41 Å². The van der Waals surface area contributed by atoms with Gasteiger partial charge in [-0.1, -0.05) is 45.8 Å². The standard InChI is InChI=1S/C23H27N7O2/c1-14(2)18(20-28-27-17-8-6-7-13-30(17)20)25-22(31)24-16-11-9-15(10-12-16)19-26-21(32-29-19)23(3,4)5/h6-14,18H,1-5H3,(H2,24,25,31). The quantitative estimate of drug-likeness (QED) is 0.476. The Morgan fingerprint density at radius 3 is 2.47 bits per heavy atom. The van der Waals surface area contributed by atoms with E-state index in [4.69, 9.17) is 4.52 Å². The molecule has 0 saturated heterocycles. The third-order valence-electron chi connectivity index (χ3n) is 5.04. The van der Waals surface area contributed by atoms with Crippen LogP contribution >= 0.6 is 0 Å². The van der Waals surface area contributed by atoms with E-state index in [-0.39, 0.29) is 23.4 Å². The van der Waals surface area contributed by atoms with E-state index in [2.05, 4.69) is 31.0 Å². The zero-order chi connectivity index (χ0) is 22.9. The number of urea groups is 1. The topological polar surface area (TPSA) is 110 Å². The molecule has 3 aromatic heterocycles. The normalized spacial score (nSPS) is 12.8. The lowest BCUT2D eigenvalue weighted by Gasteiger charge is -2.21. The van der Waals surface area contributed by atoms with Gasteiger partial charge in [-0.2, -0.15) is 4.98 Å². The van der Waals surface area contributed by atoms with Gasteiger partial charge in [-0.3, -0.25) is 4.40 Å². The molecule has 0 aliphatic carbocycles. The molecule has 4 aromatic rings. The summed E-state index contributed by atoms with van der Waals surface area (Å²) in [4.78, 5) is 17.2. The molecule has 9 heteroatoms. The van der Waals surface area contributed by atoms with Gasteiger partial charge in [0, 0.05) is 22.9 Å². The van der Waals surface area contributed by atoms with Gasteiger partial charge < -0.3 is 15.2 Å². The second-order valence-corrected chi connectivity index (χ2v) is 9.06. The fourth-order valence-electron chi connectivity index (χ4n) is 3.26. The van der Waals surface area contributed by atoms with E-state index in [9.17, 15) is 4.79 Å². The predicted octanol–water partition coefficient (Wildman–Crippen LogP) is 4.60. The van der Waals surface area contributed by atoms with Gasteiger partial charge in [0.15, 0.2) is 11.5 Å². The van der Waals surface area contributed by atoms with Gasteiger partial charge in [-0.25, -0.2) is 4.79 Å². The van der Waals surface area contributed by atoms with Gasteiger partial charge in [-0.15, -0.1) is 10.2 Å². The first-order valence-electron chi connectivity index (χ1n) is 10.5. The van der Waals surface area contributed by atoms with Crippen molar-refractivity contribution < 1.29 is 9.32 Å². The van der Waals surface area contributed by atoms with Crippen molar-refractivity contribution in [2.45, 2.75) is 46.1 Å². The number of benzene rings is 1. The number of pyridine rings is 1. The van der Waals surface area contributed by atoms with Crippen LogP contribution in [0, 0.1) is 5.92 Å². The molecular weight excluding hydrogens is 406 g/mol. The second kappa shape index (κ2) is 8.41. The van der Waals surface area contributed by atoms with E-state index >= 15 is 0 Å². The Morgan fingerprint density at radius 1 is 1.06 bits per heavy atom. The highest BCUT2D eigenvalue weighted by atomic mass is 16.5. The summed E-state index contributed by atoms with van der Waals surface area (Å²) < 4.78 is 7.24. The van der Waals surface area contributed by atoms with Crippen LogP contribution in [0.5, 0.6) is 0 Å². The average molecular weight is 434 g/mol. The summed E-state index contributed by atoms with van der Waals surface area (Å²) in [6.45, 7) is 10.1. The highest BCUT2D eigenvalue weighted by Gasteiger charge is 2.24.